The Morgan fingerprint density at radius 1 is 1.16 bits per heavy atom. The fourth-order valence-electron chi connectivity index (χ4n) is 1.72. The van der Waals surface area contributed by atoms with E-state index in [9.17, 15) is 9.18 Å². The molecule has 0 fully saturated rings. The maximum Gasteiger partial charge on any atom is 0.200 e. The standard InChI is InChI=1S/C16H15FO2/c1-2-12-6-8-15(9-7-12)19-11-16(18)13-4-3-5-14(17)10-13/h3-10H,2,11H2,1H3. The largest absolute Gasteiger partial charge is 0.485 e. The molecule has 2 aromatic carbocycles. The van der Waals surface area contributed by atoms with Gasteiger partial charge in [0.15, 0.2) is 12.4 Å². The number of benzene rings is 2. The molecule has 0 heterocycles. The van der Waals surface area contributed by atoms with Crippen molar-refractivity contribution in [2.24, 2.45) is 0 Å². The number of halogens is 1. The van der Waals surface area contributed by atoms with Crippen molar-refractivity contribution in [3.8, 4) is 5.75 Å². The van der Waals surface area contributed by atoms with Crippen LogP contribution in [0.25, 0.3) is 0 Å². The first kappa shape index (κ1) is 13.3. The Hall–Kier alpha value is -2.16. The van der Waals surface area contributed by atoms with Gasteiger partial charge in [-0.1, -0.05) is 31.2 Å². The second-order valence-corrected chi connectivity index (χ2v) is 4.22. The summed E-state index contributed by atoms with van der Waals surface area (Å²) in [6.07, 6.45) is 0.961. The topological polar surface area (TPSA) is 26.3 Å². The van der Waals surface area contributed by atoms with Gasteiger partial charge >= 0.3 is 0 Å². The number of carbonyl (C=O) groups is 1. The van der Waals surface area contributed by atoms with Crippen molar-refractivity contribution >= 4 is 5.78 Å². The third kappa shape index (κ3) is 3.65. The second-order valence-electron chi connectivity index (χ2n) is 4.22. The van der Waals surface area contributed by atoms with Crippen molar-refractivity contribution in [2.75, 3.05) is 6.61 Å². The second kappa shape index (κ2) is 6.14. The first-order valence-corrected chi connectivity index (χ1v) is 6.19. The van der Waals surface area contributed by atoms with E-state index in [0.717, 1.165) is 6.42 Å². The summed E-state index contributed by atoms with van der Waals surface area (Å²) in [5.74, 6) is -0.0147. The number of ketones is 1. The Kier molecular flexibility index (Phi) is 4.29. The maximum atomic E-state index is 13.0. The highest BCUT2D eigenvalue weighted by atomic mass is 19.1. The van der Waals surface area contributed by atoms with E-state index in [1.165, 1.54) is 23.8 Å². The van der Waals surface area contributed by atoms with Gasteiger partial charge in [-0.15, -0.1) is 0 Å². The zero-order valence-electron chi connectivity index (χ0n) is 10.7. The molecule has 2 nitrogen and oxygen atoms in total. The van der Waals surface area contributed by atoms with Gasteiger partial charge in [-0.3, -0.25) is 4.79 Å². The number of carbonyl (C=O) groups excluding carboxylic acids is 1. The van der Waals surface area contributed by atoms with Crippen molar-refractivity contribution in [2.45, 2.75) is 13.3 Å². The molecule has 0 bridgehead atoms. The number of hydrogen-bond acceptors (Lipinski definition) is 2. The minimum absolute atomic E-state index is 0.0884. The summed E-state index contributed by atoms with van der Waals surface area (Å²) in [5.41, 5.74) is 1.54. The predicted octanol–water partition coefficient (Wildman–Crippen LogP) is 3.65. The van der Waals surface area contributed by atoms with Crippen LogP contribution in [0.1, 0.15) is 22.8 Å². The molecule has 0 amide bonds. The van der Waals surface area contributed by atoms with E-state index in [1.807, 2.05) is 24.3 Å². The Morgan fingerprint density at radius 2 is 1.89 bits per heavy atom. The average molecular weight is 258 g/mol. The van der Waals surface area contributed by atoms with Gasteiger partial charge in [0.1, 0.15) is 11.6 Å². The Morgan fingerprint density at radius 3 is 2.53 bits per heavy atom. The molecule has 0 aliphatic heterocycles. The molecule has 2 aromatic rings. The van der Waals surface area contributed by atoms with E-state index < -0.39 is 5.82 Å². The molecule has 2 rings (SSSR count). The minimum atomic E-state index is -0.418. The Bertz CT molecular complexity index is 561. The predicted molar refractivity (Wildman–Crippen MR) is 72.0 cm³/mol. The lowest BCUT2D eigenvalue weighted by Crippen LogP contribution is -2.11. The van der Waals surface area contributed by atoms with Gasteiger partial charge < -0.3 is 4.74 Å². The fraction of sp³-hybridized carbons (Fsp3) is 0.188. The number of ether oxygens (including phenoxy) is 1. The summed E-state index contributed by atoms with van der Waals surface area (Å²) in [4.78, 5) is 11.8. The molecule has 19 heavy (non-hydrogen) atoms. The lowest BCUT2D eigenvalue weighted by atomic mass is 10.1. The highest BCUT2D eigenvalue weighted by molar-refractivity contribution is 5.97. The summed E-state index contributed by atoms with van der Waals surface area (Å²) in [5, 5.41) is 0. The quantitative estimate of drug-likeness (QED) is 0.765. The zero-order chi connectivity index (χ0) is 13.7. The molecule has 0 saturated carbocycles. The summed E-state index contributed by atoms with van der Waals surface area (Å²) < 4.78 is 18.4. The van der Waals surface area contributed by atoms with E-state index in [1.54, 1.807) is 6.07 Å². The van der Waals surface area contributed by atoms with Gasteiger partial charge in [-0.25, -0.2) is 4.39 Å². The van der Waals surface area contributed by atoms with Crippen molar-refractivity contribution in [3.63, 3.8) is 0 Å². The molecular weight excluding hydrogens is 243 g/mol. The van der Waals surface area contributed by atoms with Crippen LogP contribution in [0, 0.1) is 5.82 Å². The molecule has 0 unspecified atom stereocenters. The van der Waals surface area contributed by atoms with Crippen LogP contribution in [0.3, 0.4) is 0 Å². The Balaban J connectivity index is 1.96. The van der Waals surface area contributed by atoms with Crippen molar-refractivity contribution in [1.82, 2.24) is 0 Å². The number of aryl methyl sites for hydroxylation is 1. The zero-order valence-corrected chi connectivity index (χ0v) is 10.7. The molecular formula is C16H15FO2. The lowest BCUT2D eigenvalue weighted by Gasteiger charge is -2.06. The van der Waals surface area contributed by atoms with Crippen LogP contribution < -0.4 is 4.74 Å². The van der Waals surface area contributed by atoms with Crippen molar-refractivity contribution in [1.29, 1.82) is 0 Å². The molecule has 98 valence electrons. The van der Waals surface area contributed by atoms with E-state index in [-0.39, 0.29) is 12.4 Å². The minimum Gasteiger partial charge on any atom is -0.485 e. The SMILES string of the molecule is CCc1ccc(OCC(=O)c2cccc(F)c2)cc1. The molecule has 0 atom stereocenters. The van der Waals surface area contributed by atoms with E-state index in [2.05, 4.69) is 6.92 Å². The fourth-order valence-corrected chi connectivity index (χ4v) is 1.72. The third-order valence-corrected chi connectivity index (χ3v) is 2.85. The summed E-state index contributed by atoms with van der Waals surface area (Å²) in [7, 11) is 0. The summed E-state index contributed by atoms with van der Waals surface area (Å²) >= 11 is 0. The third-order valence-electron chi connectivity index (χ3n) is 2.85. The van der Waals surface area contributed by atoms with Gasteiger partial charge in [0.2, 0.25) is 0 Å². The molecule has 0 radical (unpaired) electrons. The lowest BCUT2D eigenvalue weighted by molar-refractivity contribution is 0.0921. The Labute approximate surface area is 111 Å². The van der Waals surface area contributed by atoms with Crippen LogP contribution in [0.2, 0.25) is 0 Å². The number of Topliss-reactive ketones (excluding diaryl/α,β-unsaturated/α-hetero) is 1. The summed E-state index contributed by atoms with van der Waals surface area (Å²) in [6.45, 7) is 1.98. The van der Waals surface area contributed by atoms with Gasteiger partial charge in [-0.05, 0) is 36.2 Å². The van der Waals surface area contributed by atoms with Crippen molar-refractivity contribution < 1.29 is 13.9 Å². The van der Waals surface area contributed by atoms with E-state index in [4.69, 9.17) is 4.74 Å². The average Bonchev–Trinajstić information content (AvgIpc) is 2.45. The highest BCUT2D eigenvalue weighted by Crippen LogP contribution is 2.13. The molecule has 0 aliphatic carbocycles. The van der Waals surface area contributed by atoms with Crippen LogP contribution in [-0.4, -0.2) is 12.4 Å². The van der Waals surface area contributed by atoms with Gasteiger partial charge in [0.25, 0.3) is 0 Å². The van der Waals surface area contributed by atoms with Gasteiger partial charge in [0.05, 0.1) is 0 Å². The molecule has 0 spiro atoms. The smallest absolute Gasteiger partial charge is 0.200 e. The molecule has 0 aromatic heterocycles. The van der Waals surface area contributed by atoms with E-state index >= 15 is 0 Å². The van der Waals surface area contributed by atoms with E-state index in [0.29, 0.717) is 11.3 Å². The van der Waals surface area contributed by atoms with Crippen LogP contribution in [0.15, 0.2) is 48.5 Å². The molecule has 0 saturated heterocycles. The molecule has 3 heteroatoms. The van der Waals surface area contributed by atoms with Crippen LogP contribution in [0.5, 0.6) is 5.75 Å². The van der Waals surface area contributed by atoms with Crippen LogP contribution >= 0.6 is 0 Å². The van der Waals surface area contributed by atoms with Gasteiger partial charge in [-0.2, -0.15) is 0 Å². The number of rotatable bonds is 5. The normalized spacial score (nSPS) is 10.2. The highest BCUT2D eigenvalue weighted by Gasteiger charge is 2.07. The first-order valence-electron chi connectivity index (χ1n) is 6.19. The summed E-state index contributed by atoms with van der Waals surface area (Å²) in [6, 6.07) is 13.2. The van der Waals surface area contributed by atoms with Crippen LogP contribution in [-0.2, 0) is 6.42 Å². The molecule has 0 N–H and O–H groups in total. The molecule has 0 aliphatic rings. The van der Waals surface area contributed by atoms with Gasteiger partial charge in [0, 0.05) is 5.56 Å². The maximum absolute atomic E-state index is 13.0. The van der Waals surface area contributed by atoms with Crippen molar-refractivity contribution in [3.05, 3.63) is 65.5 Å². The monoisotopic (exact) mass is 258 g/mol. The first-order chi connectivity index (χ1) is 9.19. The number of hydrogen-bond donors (Lipinski definition) is 0. The van der Waals surface area contributed by atoms with Crippen LogP contribution in [0.4, 0.5) is 4.39 Å².